The number of rotatable bonds is 3. The lowest BCUT2D eigenvalue weighted by atomic mass is 9.98. The first-order chi connectivity index (χ1) is 20.4. The van der Waals surface area contributed by atoms with Gasteiger partial charge in [0.05, 0.1) is 5.56 Å². The molecule has 9 nitrogen and oxygen atoms in total. The van der Waals surface area contributed by atoms with E-state index in [1.165, 1.54) is 18.2 Å². The normalized spacial score (nSPS) is 16.1. The molecule has 0 atom stereocenters. The Balaban J connectivity index is 1.27. The Morgan fingerprint density at radius 3 is 2.60 bits per heavy atom. The van der Waals surface area contributed by atoms with E-state index in [4.69, 9.17) is 9.47 Å². The fourth-order valence-corrected chi connectivity index (χ4v) is 5.14. The molecule has 0 saturated carbocycles. The number of hydrogen-bond acceptors (Lipinski definition) is 6. The van der Waals surface area contributed by atoms with Crippen LogP contribution in [0.25, 0.3) is 11.1 Å². The maximum Gasteiger partial charge on any atom is 0.254 e. The first kappa shape index (κ1) is 28.9. The summed E-state index contributed by atoms with van der Waals surface area (Å²) >= 11 is 0. The zero-order chi connectivity index (χ0) is 29.5. The average molecular weight is 576 g/mol. The Hall–Kier alpha value is -4.60. The van der Waals surface area contributed by atoms with Crippen LogP contribution < -0.4 is 20.1 Å². The second-order valence-electron chi connectivity index (χ2n) is 10.4. The number of aromatic hydroxyl groups is 1. The third-order valence-electron chi connectivity index (χ3n) is 7.46. The van der Waals surface area contributed by atoms with Gasteiger partial charge in [0.2, 0.25) is 18.6 Å². The predicted molar refractivity (Wildman–Crippen MR) is 154 cm³/mol. The zero-order valence-corrected chi connectivity index (χ0v) is 23.3. The van der Waals surface area contributed by atoms with Gasteiger partial charge in [-0.1, -0.05) is 18.2 Å². The van der Waals surface area contributed by atoms with Crippen molar-refractivity contribution in [3.05, 3.63) is 77.1 Å². The van der Waals surface area contributed by atoms with Gasteiger partial charge in [0.15, 0.2) is 11.5 Å². The minimum atomic E-state index is -0.666. The van der Waals surface area contributed by atoms with Crippen LogP contribution in [-0.2, 0) is 22.4 Å². The SMILES string of the molecule is O=C1CCCN(C(=O)CCc2ccc3c(c2)OCO3)CCCNC(=O)c2cc(ccc2F)-c2cc(ccc2O)CCN1. The third-order valence-corrected chi connectivity index (χ3v) is 7.46. The number of nitrogens with one attached hydrogen (secondary N) is 2. The summed E-state index contributed by atoms with van der Waals surface area (Å²) < 4.78 is 25.4. The summed E-state index contributed by atoms with van der Waals surface area (Å²) in [6.07, 6.45) is 2.55. The molecule has 0 unspecified atom stereocenters. The molecule has 2 aliphatic rings. The lowest BCUT2D eigenvalue weighted by Crippen LogP contribution is -2.36. The van der Waals surface area contributed by atoms with Crippen molar-refractivity contribution in [2.24, 2.45) is 0 Å². The summed E-state index contributed by atoms with van der Waals surface area (Å²) in [4.78, 5) is 40.3. The van der Waals surface area contributed by atoms with Gasteiger partial charge in [-0.3, -0.25) is 14.4 Å². The first-order valence-corrected chi connectivity index (χ1v) is 14.2. The summed E-state index contributed by atoms with van der Waals surface area (Å²) in [5.74, 6) is -0.0284. The van der Waals surface area contributed by atoms with Crippen molar-refractivity contribution in [3.63, 3.8) is 0 Å². The fourth-order valence-electron chi connectivity index (χ4n) is 5.14. The molecule has 3 aromatic carbocycles. The minimum Gasteiger partial charge on any atom is -0.507 e. The maximum atomic E-state index is 14.6. The molecule has 4 bridgehead atoms. The highest BCUT2D eigenvalue weighted by atomic mass is 19.1. The molecule has 0 aromatic heterocycles. The van der Waals surface area contributed by atoms with Gasteiger partial charge in [0, 0.05) is 44.6 Å². The van der Waals surface area contributed by atoms with Gasteiger partial charge in [-0.05, 0) is 78.8 Å². The smallest absolute Gasteiger partial charge is 0.254 e. The Labute approximate surface area is 243 Å². The van der Waals surface area contributed by atoms with E-state index < -0.39 is 11.7 Å². The molecule has 3 amide bonds. The summed E-state index contributed by atoms with van der Waals surface area (Å²) in [5, 5.41) is 16.1. The molecule has 0 fully saturated rings. The van der Waals surface area contributed by atoms with Gasteiger partial charge < -0.3 is 30.1 Å². The highest BCUT2D eigenvalue weighted by molar-refractivity contribution is 5.96. The van der Waals surface area contributed by atoms with Crippen LogP contribution in [0.15, 0.2) is 54.6 Å². The molecule has 0 radical (unpaired) electrons. The van der Waals surface area contributed by atoms with Gasteiger partial charge in [-0.2, -0.15) is 0 Å². The molecule has 3 N–H and O–H groups in total. The van der Waals surface area contributed by atoms with Crippen molar-refractivity contribution in [2.45, 2.75) is 38.5 Å². The second kappa shape index (κ2) is 13.4. The summed E-state index contributed by atoms with van der Waals surface area (Å²) in [7, 11) is 0. The molecule has 2 heterocycles. The van der Waals surface area contributed by atoms with Crippen LogP contribution in [0.5, 0.6) is 17.2 Å². The van der Waals surface area contributed by atoms with Crippen LogP contribution in [0.4, 0.5) is 4.39 Å². The topological polar surface area (TPSA) is 117 Å². The van der Waals surface area contributed by atoms with E-state index in [1.807, 2.05) is 18.2 Å². The van der Waals surface area contributed by atoms with Crippen LogP contribution in [0.2, 0.25) is 0 Å². The monoisotopic (exact) mass is 575 g/mol. The zero-order valence-electron chi connectivity index (χ0n) is 23.3. The summed E-state index contributed by atoms with van der Waals surface area (Å²) in [5.41, 5.74) is 2.68. The highest BCUT2D eigenvalue weighted by Crippen LogP contribution is 2.33. The number of ether oxygens (including phenoxy) is 2. The van der Waals surface area contributed by atoms with Crippen molar-refractivity contribution in [1.82, 2.24) is 15.5 Å². The molecule has 42 heavy (non-hydrogen) atoms. The number of amides is 3. The Morgan fingerprint density at radius 2 is 1.71 bits per heavy atom. The van der Waals surface area contributed by atoms with E-state index in [0.717, 1.165) is 11.1 Å². The number of phenols is 1. The Bertz CT molecular complexity index is 1480. The largest absolute Gasteiger partial charge is 0.507 e. The molecular formula is C32H34FN3O6. The van der Waals surface area contributed by atoms with Crippen LogP contribution >= 0.6 is 0 Å². The molecule has 0 spiro atoms. The number of benzene rings is 3. The molecule has 5 rings (SSSR count). The average Bonchev–Trinajstić information content (AvgIpc) is 3.46. The number of carbonyl (C=O) groups excluding carboxylic acids is 3. The van der Waals surface area contributed by atoms with Crippen LogP contribution in [0.3, 0.4) is 0 Å². The number of fused-ring (bicyclic) bond motifs is 6. The van der Waals surface area contributed by atoms with Gasteiger partial charge in [0.1, 0.15) is 11.6 Å². The number of halogens is 1. The van der Waals surface area contributed by atoms with Crippen molar-refractivity contribution >= 4 is 17.7 Å². The molecule has 220 valence electrons. The van der Waals surface area contributed by atoms with Crippen LogP contribution in [-0.4, -0.2) is 60.7 Å². The number of phenolic OH excluding ortho intramolecular Hbond substituents is 1. The van der Waals surface area contributed by atoms with Crippen molar-refractivity contribution in [1.29, 1.82) is 0 Å². The number of carbonyl (C=O) groups is 3. The van der Waals surface area contributed by atoms with Crippen LogP contribution in [0.1, 0.15) is 47.2 Å². The standard InChI is InChI=1S/C32H34FN3O6/c33-26-8-7-23-19-25(26)32(40)35-13-2-16-36(31(39)11-6-21-5-10-28-29(18-21)42-20-41-28)15-1-3-30(38)34-14-12-22-4-9-27(37)24(23)17-22/h4-5,7-10,17-19,37H,1-3,6,11-16,20H2,(H,34,38)(H,35,40). The molecule has 0 aliphatic carbocycles. The number of aryl methyl sites for hydroxylation is 1. The van der Waals surface area contributed by atoms with Gasteiger partial charge in [0.25, 0.3) is 5.91 Å². The Morgan fingerprint density at radius 1 is 0.881 bits per heavy atom. The van der Waals surface area contributed by atoms with Crippen LogP contribution in [0, 0.1) is 5.82 Å². The predicted octanol–water partition coefficient (Wildman–Crippen LogP) is 3.96. The van der Waals surface area contributed by atoms with E-state index in [0.29, 0.717) is 67.9 Å². The first-order valence-electron chi connectivity index (χ1n) is 14.2. The van der Waals surface area contributed by atoms with E-state index in [9.17, 15) is 23.9 Å². The van der Waals surface area contributed by atoms with E-state index in [2.05, 4.69) is 10.6 Å². The molecule has 10 heteroatoms. The minimum absolute atomic E-state index is 0.00919. The van der Waals surface area contributed by atoms with Crippen molar-refractivity contribution < 1.29 is 33.4 Å². The second-order valence-corrected chi connectivity index (χ2v) is 10.4. The van der Waals surface area contributed by atoms with E-state index >= 15 is 0 Å². The van der Waals surface area contributed by atoms with E-state index in [-0.39, 0.29) is 49.3 Å². The lowest BCUT2D eigenvalue weighted by Gasteiger charge is -2.23. The summed E-state index contributed by atoms with van der Waals surface area (Å²) in [6, 6.07) is 14.9. The fraction of sp³-hybridized carbons (Fsp3) is 0.344. The number of hydrogen-bond donors (Lipinski definition) is 3. The van der Waals surface area contributed by atoms with Gasteiger partial charge in [-0.15, -0.1) is 0 Å². The highest BCUT2D eigenvalue weighted by Gasteiger charge is 2.19. The maximum absolute atomic E-state index is 14.6. The third kappa shape index (κ3) is 7.18. The molecule has 3 aromatic rings. The van der Waals surface area contributed by atoms with Crippen molar-refractivity contribution in [3.8, 4) is 28.4 Å². The molecule has 0 saturated heterocycles. The summed E-state index contributed by atoms with van der Waals surface area (Å²) in [6.45, 7) is 1.60. The van der Waals surface area contributed by atoms with E-state index in [1.54, 1.807) is 23.1 Å². The van der Waals surface area contributed by atoms with Gasteiger partial charge in [-0.25, -0.2) is 4.39 Å². The molecule has 2 aliphatic heterocycles. The Kier molecular flexibility index (Phi) is 9.21. The molecular weight excluding hydrogens is 541 g/mol. The van der Waals surface area contributed by atoms with Crippen molar-refractivity contribution in [2.75, 3.05) is 33.0 Å². The number of nitrogens with zero attached hydrogens (tertiary/aromatic N) is 1. The lowest BCUT2D eigenvalue weighted by molar-refractivity contribution is -0.131. The van der Waals surface area contributed by atoms with Gasteiger partial charge >= 0.3 is 0 Å². The quantitative estimate of drug-likeness (QED) is 0.435.